The lowest BCUT2D eigenvalue weighted by Crippen LogP contribution is -2.41. The Morgan fingerprint density at radius 3 is 2.71 bits per heavy atom. The predicted molar refractivity (Wildman–Crippen MR) is 104 cm³/mol. The van der Waals surface area contributed by atoms with Gasteiger partial charge in [-0.05, 0) is 29.8 Å². The lowest BCUT2D eigenvalue weighted by Gasteiger charge is -2.31. The molecule has 28 heavy (non-hydrogen) atoms. The average molecular weight is 383 g/mol. The number of carbonyl (C=O) groups is 2. The Balaban J connectivity index is 1.58. The zero-order chi connectivity index (χ0) is 19.7. The molecule has 0 saturated carbocycles. The Labute approximate surface area is 162 Å². The second-order valence-electron chi connectivity index (χ2n) is 7.11. The maximum absolute atomic E-state index is 14.2. The number of likely N-dealkylation sites (N-methyl/N-ethyl adjacent to an activating group) is 1. The minimum absolute atomic E-state index is 0.0972. The number of rotatable bonds is 3. The number of fused-ring (bicyclic) bond motifs is 1. The van der Waals surface area contributed by atoms with Crippen molar-refractivity contribution in [3.63, 3.8) is 0 Å². The average Bonchev–Trinajstić information content (AvgIpc) is 2.71. The van der Waals surface area contributed by atoms with Gasteiger partial charge in [0.25, 0.3) is 5.91 Å². The minimum Gasteiger partial charge on any atom is -0.378 e. The van der Waals surface area contributed by atoms with Crippen LogP contribution in [0.25, 0.3) is 0 Å². The highest BCUT2D eigenvalue weighted by atomic mass is 19.1. The number of nitrogens with zero attached hydrogens (tertiary/aromatic N) is 2. The molecule has 4 rings (SSSR count). The third-order valence-corrected chi connectivity index (χ3v) is 5.21. The van der Waals surface area contributed by atoms with Gasteiger partial charge in [0.1, 0.15) is 5.82 Å². The fourth-order valence-corrected chi connectivity index (χ4v) is 3.76. The Morgan fingerprint density at radius 1 is 1.18 bits per heavy atom. The van der Waals surface area contributed by atoms with E-state index in [2.05, 4.69) is 5.32 Å². The Bertz CT molecular complexity index is 912. The largest absolute Gasteiger partial charge is 0.378 e. The van der Waals surface area contributed by atoms with Crippen LogP contribution in [0.5, 0.6) is 0 Å². The molecule has 0 bridgehead atoms. The number of benzene rings is 2. The third-order valence-electron chi connectivity index (χ3n) is 5.21. The summed E-state index contributed by atoms with van der Waals surface area (Å²) in [6.45, 7) is 2.83. The smallest absolute Gasteiger partial charge is 0.253 e. The van der Waals surface area contributed by atoms with E-state index in [0.29, 0.717) is 43.1 Å². The Morgan fingerprint density at radius 2 is 1.93 bits per heavy atom. The summed E-state index contributed by atoms with van der Waals surface area (Å²) in [4.78, 5) is 28.9. The molecule has 2 amide bonds. The first-order valence-corrected chi connectivity index (χ1v) is 9.31. The molecule has 2 aromatic carbocycles. The number of anilines is 2. The summed E-state index contributed by atoms with van der Waals surface area (Å²) in [5, 5.41) is 2.83. The summed E-state index contributed by atoms with van der Waals surface area (Å²) < 4.78 is 19.5. The minimum atomic E-state index is -0.506. The van der Waals surface area contributed by atoms with Crippen molar-refractivity contribution in [3.8, 4) is 0 Å². The molecule has 0 spiro atoms. The normalized spacial score (nSPS) is 19.4. The van der Waals surface area contributed by atoms with Crippen molar-refractivity contribution in [2.24, 2.45) is 0 Å². The number of ether oxygens (including phenoxy) is 1. The highest BCUT2D eigenvalue weighted by molar-refractivity contribution is 6.03. The lowest BCUT2D eigenvalue weighted by molar-refractivity contribution is -0.117. The van der Waals surface area contributed by atoms with Crippen LogP contribution in [-0.2, 0) is 9.53 Å². The van der Waals surface area contributed by atoms with Crippen molar-refractivity contribution in [2.75, 3.05) is 50.1 Å². The number of hydrogen-bond donors (Lipinski definition) is 1. The van der Waals surface area contributed by atoms with Crippen LogP contribution in [0.3, 0.4) is 0 Å². The molecule has 6 nitrogen and oxygen atoms in total. The summed E-state index contributed by atoms with van der Waals surface area (Å²) in [5.74, 6) is -1.27. The van der Waals surface area contributed by atoms with Gasteiger partial charge in [0.2, 0.25) is 5.91 Å². The molecule has 1 fully saturated rings. The molecule has 1 N–H and O–H groups in total. The van der Waals surface area contributed by atoms with E-state index >= 15 is 0 Å². The summed E-state index contributed by atoms with van der Waals surface area (Å²) in [7, 11) is 1.68. The molecule has 146 valence electrons. The van der Waals surface area contributed by atoms with Crippen molar-refractivity contribution in [1.29, 1.82) is 0 Å². The maximum Gasteiger partial charge on any atom is 0.253 e. The monoisotopic (exact) mass is 383 g/mol. The fraction of sp³-hybridized carbons (Fsp3) is 0.333. The van der Waals surface area contributed by atoms with E-state index in [0.717, 1.165) is 5.69 Å². The first-order valence-electron chi connectivity index (χ1n) is 9.31. The van der Waals surface area contributed by atoms with Crippen molar-refractivity contribution >= 4 is 23.2 Å². The topological polar surface area (TPSA) is 61.9 Å². The first-order chi connectivity index (χ1) is 13.5. The molecule has 1 saturated heterocycles. The van der Waals surface area contributed by atoms with Crippen molar-refractivity contribution in [2.45, 2.75) is 5.92 Å². The first kappa shape index (κ1) is 18.4. The summed E-state index contributed by atoms with van der Waals surface area (Å²) in [6.07, 6.45) is 0. The fourth-order valence-electron chi connectivity index (χ4n) is 3.76. The SMILES string of the molecule is CN1CC(C(=O)Nc2cc(F)cc(N3CCOCC3)c2)c2ccccc2C1=O. The van der Waals surface area contributed by atoms with Crippen LogP contribution in [0.1, 0.15) is 21.8 Å². The van der Waals surface area contributed by atoms with Crippen LogP contribution in [0.15, 0.2) is 42.5 Å². The summed E-state index contributed by atoms with van der Waals surface area (Å²) in [6, 6.07) is 11.7. The van der Waals surface area contributed by atoms with Crippen LogP contribution in [-0.4, -0.2) is 56.6 Å². The van der Waals surface area contributed by atoms with Crippen LogP contribution < -0.4 is 10.2 Å². The van der Waals surface area contributed by atoms with E-state index in [1.165, 1.54) is 17.0 Å². The van der Waals surface area contributed by atoms with Crippen LogP contribution in [0.2, 0.25) is 0 Å². The molecule has 1 unspecified atom stereocenters. The molecule has 2 aliphatic heterocycles. The Hall–Kier alpha value is -2.93. The van der Waals surface area contributed by atoms with Crippen molar-refractivity contribution in [3.05, 3.63) is 59.4 Å². The number of amides is 2. The van der Waals surface area contributed by atoms with Gasteiger partial charge in [0.15, 0.2) is 0 Å². The number of nitrogens with one attached hydrogen (secondary N) is 1. The molecular weight excluding hydrogens is 361 g/mol. The zero-order valence-electron chi connectivity index (χ0n) is 15.7. The van der Waals surface area contributed by atoms with Gasteiger partial charge in [0, 0.05) is 43.6 Å². The van der Waals surface area contributed by atoms with Gasteiger partial charge in [-0.25, -0.2) is 4.39 Å². The molecule has 1 atom stereocenters. The number of hydrogen-bond acceptors (Lipinski definition) is 4. The number of morpholine rings is 1. The Kier molecular flexibility index (Phi) is 5.00. The summed E-state index contributed by atoms with van der Waals surface area (Å²) in [5.41, 5.74) is 2.36. The molecule has 2 heterocycles. The van der Waals surface area contributed by atoms with E-state index in [1.807, 2.05) is 11.0 Å². The van der Waals surface area contributed by atoms with Gasteiger partial charge in [0.05, 0.1) is 19.1 Å². The molecule has 2 aromatic rings. The second kappa shape index (κ2) is 7.59. The molecule has 0 radical (unpaired) electrons. The van der Waals surface area contributed by atoms with Crippen molar-refractivity contribution < 1.29 is 18.7 Å². The highest BCUT2D eigenvalue weighted by Gasteiger charge is 2.33. The van der Waals surface area contributed by atoms with Crippen LogP contribution >= 0.6 is 0 Å². The van der Waals surface area contributed by atoms with Gasteiger partial charge in [-0.15, -0.1) is 0 Å². The molecule has 2 aliphatic rings. The lowest BCUT2D eigenvalue weighted by atomic mass is 9.89. The van der Waals surface area contributed by atoms with Gasteiger partial charge in [-0.3, -0.25) is 9.59 Å². The van der Waals surface area contributed by atoms with Gasteiger partial charge < -0.3 is 19.9 Å². The number of halogens is 1. The van der Waals surface area contributed by atoms with E-state index < -0.39 is 11.7 Å². The van der Waals surface area contributed by atoms with E-state index in [1.54, 1.807) is 31.3 Å². The van der Waals surface area contributed by atoms with Crippen LogP contribution in [0, 0.1) is 5.82 Å². The molecule has 0 aliphatic carbocycles. The van der Waals surface area contributed by atoms with Gasteiger partial charge >= 0.3 is 0 Å². The van der Waals surface area contributed by atoms with E-state index in [-0.39, 0.29) is 18.4 Å². The number of carbonyl (C=O) groups excluding carboxylic acids is 2. The van der Waals surface area contributed by atoms with Crippen molar-refractivity contribution in [1.82, 2.24) is 4.90 Å². The standard InChI is InChI=1S/C21H22FN3O3/c1-24-13-19(17-4-2-3-5-18(17)21(24)27)20(26)23-15-10-14(22)11-16(12-15)25-6-8-28-9-7-25/h2-5,10-12,19H,6-9,13H2,1H3,(H,23,26). The van der Waals surface area contributed by atoms with E-state index in [9.17, 15) is 14.0 Å². The van der Waals surface area contributed by atoms with Gasteiger partial charge in [-0.2, -0.15) is 0 Å². The van der Waals surface area contributed by atoms with Gasteiger partial charge in [-0.1, -0.05) is 18.2 Å². The molecular formula is C21H22FN3O3. The molecule has 7 heteroatoms. The predicted octanol–water partition coefficient (Wildman–Crippen LogP) is 2.47. The highest BCUT2D eigenvalue weighted by Crippen LogP contribution is 2.29. The zero-order valence-corrected chi connectivity index (χ0v) is 15.7. The summed E-state index contributed by atoms with van der Waals surface area (Å²) >= 11 is 0. The molecule has 0 aromatic heterocycles. The second-order valence-corrected chi connectivity index (χ2v) is 7.11. The van der Waals surface area contributed by atoms with E-state index in [4.69, 9.17) is 4.74 Å². The maximum atomic E-state index is 14.2. The van der Waals surface area contributed by atoms with Crippen LogP contribution in [0.4, 0.5) is 15.8 Å². The quantitative estimate of drug-likeness (QED) is 0.885. The third kappa shape index (κ3) is 3.57.